The van der Waals surface area contributed by atoms with E-state index >= 15 is 0 Å². The number of aromatic hydroxyl groups is 4. The predicted molar refractivity (Wildman–Crippen MR) is 165 cm³/mol. The minimum atomic E-state index is -1.93. The van der Waals surface area contributed by atoms with Gasteiger partial charge >= 0.3 is 11.3 Å². The highest BCUT2D eigenvalue weighted by atomic mass is 16.8. The van der Waals surface area contributed by atoms with E-state index in [4.69, 9.17) is 32.8 Å². The van der Waals surface area contributed by atoms with Crippen LogP contribution in [0.15, 0.2) is 40.8 Å². The maximum Gasteiger partial charge on any atom is 0.402 e. The first kappa shape index (κ1) is 37.1. The van der Waals surface area contributed by atoms with Gasteiger partial charge in [-0.05, 0) is 19.1 Å². The van der Waals surface area contributed by atoms with Crippen LogP contribution in [0.5, 0.6) is 28.7 Å². The standard InChI is InChI=1S/C32H38O19/c1-10-21(38)24(41)27(44)30(47-10)46-9-20-23(40)25(42)29(51-31-26(43)22(39)17(37)8-45-31)32(50-20)49-19-7-13-15(35)5-12(33)6-18(13)48-28(19)11-2-3-14(34)16(36)4-11/h2-7,10,17,20-27,29-32,37-44H,8-9H2,1H3,(H3-,33,34,35,36)/p+1/t10-,17+,20+,21-,22-,23+,24+,25-,26+,27+,29+,30+,31-,32?/m0/s1. The highest BCUT2D eigenvalue weighted by Crippen LogP contribution is 2.42. The Labute approximate surface area is 287 Å². The van der Waals surface area contributed by atoms with Crippen LogP contribution in [0.25, 0.3) is 22.3 Å². The van der Waals surface area contributed by atoms with Crippen molar-refractivity contribution in [3.05, 3.63) is 36.4 Å². The number of ether oxygens (including phenoxy) is 6. The van der Waals surface area contributed by atoms with Crippen molar-refractivity contribution < 1.29 is 94.1 Å². The van der Waals surface area contributed by atoms with E-state index in [0.717, 1.165) is 18.2 Å². The van der Waals surface area contributed by atoms with E-state index in [2.05, 4.69) is 0 Å². The number of fused-ring (bicyclic) bond motifs is 1. The van der Waals surface area contributed by atoms with Gasteiger partial charge in [0.1, 0.15) is 71.8 Å². The van der Waals surface area contributed by atoms with Crippen molar-refractivity contribution in [3.63, 3.8) is 0 Å². The Morgan fingerprint density at radius 3 is 2.16 bits per heavy atom. The van der Waals surface area contributed by atoms with Gasteiger partial charge < -0.3 is 89.7 Å². The first-order chi connectivity index (χ1) is 24.1. The van der Waals surface area contributed by atoms with Crippen molar-refractivity contribution >= 4 is 11.0 Å². The van der Waals surface area contributed by atoms with Gasteiger partial charge in [-0.25, -0.2) is 4.42 Å². The van der Waals surface area contributed by atoms with Crippen LogP contribution in [0.1, 0.15) is 6.92 Å². The minimum Gasteiger partial charge on any atom is -0.507 e. The summed E-state index contributed by atoms with van der Waals surface area (Å²) in [6.45, 7) is 0.328. The maximum atomic E-state index is 11.4. The highest BCUT2D eigenvalue weighted by Gasteiger charge is 2.51. The Morgan fingerprint density at radius 2 is 1.43 bits per heavy atom. The number of hydrogen-bond acceptors (Lipinski definition) is 18. The fourth-order valence-corrected chi connectivity index (χ4v) is 5.94. The zero-order valence-corrected chi connectivity index (χ0v) is 26.7. The number of aliphatic hydroxyl groups excluding tert-OH is 8. The second-order valence-corrected chi connectivity index (χ2v) is 12.5. The molecule has 3 fully saturated rings. The van der Waals surface area contributed by atoms with Crippen LogP contribution in [0.4, 0.5) is 0 Å². The molecule has 6 rings (SSSR count). The largest absolute Gasteiger partial charge is 0.507 e. The van der Waals surface area contributed by atoms with Gasteiger partial charge in [-0.1, -0.05) is 0 Å². The molecule has 0 spiro atoms. The number of hydrogen-bond donors (Lipinski definition) is 12. The fourth-order valence-electron chi connectivity index (χ4n) is 5.94. The van der Waals surface area contributed by atoms with Crippen molar-refractivity contribution in [1.29, 1.82) is 0 Å². The lowest BCUT2D eigenvalue weighted by Gasteiger charge is -2.45. The number of phenols is 4. The third-order valence-corrected chi connectivity index (χ3v) is 8.92. The Hall–Kier alpha value is -3.67. The van der Waals surface area contributed by atoms with Crippen molar-refractivity contribution in [2.24, 2.45) is 0 Å². The summed E-state index contributed by atoms with van der Waals surface area (Å²) in [6.07, 6.45) is -22.8. The molecule has 0 radical (unpaired) electrons. The quantitative estimate of drug-likeness (QED) is 0.0857. The lowest BCUT2D eigenvalue weighted by molar-refractivity contribution is -0.352. The summed E-state index contributed by atoms with van der Waals surface area (Å²) in [5.41, 5.74) is 0.0422. The maximum absolute atomic E-state index is 11.4. The average molecular weight is 728 g/mol. The van der Waals surface area contributed by atoms with Crippen LogP contribution in [-0.2, 0) is 23.7 Å². The summed E-state index contributed by atoms with van der Waals surface area (Å²) in [5.74, 6) is -2.26. The van der Waals surface area contributed by atoms with Crippen LogP contribution in [0, 0.1) is 0 Å². The van der Waals surface area contributed by atoms with E-state index in [9.17, 15) is 61.3 Å². The van der Waals surface area contributed by atoms with Crippen LogP contribution >= 0.6 is 0 Å². The molecule has 3 saturated heterocycles. The van der Waals surface area contributed by atoms with Crippen LogP contribution in [0.3, 0.4) is 0 Å². The molecule has 19 nitrogen and oxygen atoms in total. The van der Waals surface area contributed by atoms with E-state index in [1.54, 1.807) is 0 Å². The minimum absolute atomic E-state index is 0.00439. The summed E-state index contributed by atoms with van der Waals surface area (Å²) in [5, 5.41) is 125. The monoisotopic (exact) mass is 727 g/mol. The van der Waals surface area contributed by atoms with Gasteiger partial charge in [0.15, 0.2) is 30.2 Å². The Kier molecular flexibility index (Phi) is 10.7. The molecule has 3 aromatic rings. The van der Waals surface area contributed by atoms with E-state index in [1.165, 1.54) is 25.1 Å². The zero-order chi connectivity index (χ0) is 36.9. The van der Waals surface area contributed by atoms with E-state index < -0.39 is 116 Å². The smallest absolute Gasteiger partial charge is 0.402 e. The molecule has 0 aliphatic carbocycles. The van der Waals surface area contributed by atoms with E-state index in [1.807, 2.05) is 0 Å². The van der Waals surface area contributed by atoms with Crippen LogP contribution < -0.4 is 4.74 Å². The first-order valence-corrected chi connectivity index (χ1v) is 15.8. The molecule has 1 aromatic heterocycles. The number of benzene rings is 2. The lowest BCUT2D eigenvalue weighted by atomic mass is 9.98. The Bertz CT molecular complexity index is 1690. The molecule has 14 atom stereocenters. The van der Waals surface area contributed by atoms with Crippen molar-refractivity contribution in [1.82, 2.24) is 0 Å². The van der Waals surface area contributed by atoms with Gasteiger partial charge in [0.2, 0.25) is 12.0 Å². The van der Waals surface area contributed by atoms with Gasteiger partial charge in [0.05, 0.1) is 30.9 Å². The summed E-state index contributed by atoms with van der Waals surface area (Å²) in [6, 6.07) is 7.04. The molecule has 19 heteroatoms. The second-order valence-electron chi connectivity index (χ2n) is 12.5. The highest BCUT2D eigenvalue weighted by molar-refractivity contribution is 5.88. The SMILES string of the molecule is C[C@@H]1O[C@@H](OC[C@H]2OC(Oc3cc4c(O)cc(O)cc4[o+]c3-c3ccc(O)c(O)c3)[C@H](O[C@@H]3OC[C@@H](O)[C@H](O)[C@H]3O)[C@@H](O)[C@@H]2O)[C@H](O)[C@H](O)[C@H]1O. The Morgan fingerprint density at radius 1 is 0.706 bits per heavy atom. The number of aliphatic hydroxyl groups is 8. The summed E-state index contributed by atoms with van der Waals surface area (Å²) < 4.78 is 40.2. The molecule has 0 bridgehead atoms. The topological polar surface area (TPSA) is 309 Å². The predicted octanol–water partition coefficient (Wildman–Crippen LogP) is -2.30. The van der Waals surface area contributed by atoms with Crippen molar-refractivity contribution in [3.8, 4) is 40.1 Å². The molecular formula is C32H39O19+. The summed E-state index contributed by atoms with van der Waals surface area (Å²) >= 11 is 0. The number of rotatable bonds is 8. The molecule has 3 aliphatic heterocycles. The molecule has 51 heavy (non-hydrogen) atoms. The third-order valence-electron chi connectivity index (χ3n) is 8.92. The molecule has 1 unspecified atom stereocenters. The zero-order valence-electron chi connectivity index (χ0n) is 26.7. The van der Waals surface area contributed by atoms with Crippen molar-refractivity contribution in [2.45, 2.75) is 92.9 Å². The van der Waals surface area contributed by atoms with E-state index in [-0.39, 0.29) is 33.8 Å². The normalized spacial score (nSPS) is 37.4. The van der Waals surface area contributed by atoms with Crippen LogP contribution in [0.2, 0.25) is 0 Å². The molecular weight excluding hydrogens is 688 g/mol. The van der Waals surface area contributed by atoms with Crippen LogP contribution in [-0.4, -0.2) is 161 Å². The molecule has 0 amide bonds. The molecule has 3 aliphatic rings. The Balaban J connectivity index is 1.36. The average Bonchev–Trinajstić information content (AvgIpc) is 3.09. The van der Waals surface area contributed by atoms with Gasteiger partial charge in [-0.15, -0.1) is 0 Å². The summed E-state index contributed by atoms with van der Waals surface area (Å²) in [4.78, 5) is 0. The number of phenolic OH excluding ortho intramolecular Hbond substituents is 4. The molecule has 280 valence electrons. The van der Waals surface area contributed by atoms with Gasteiger partial charge in [0.25, 0.3) is 0 Å². The molecule has 0 saturated carbocycles. The van der Waals surface area contributed by atoms with Gasteiger partial charge in [-0.3, -0.25) is 0 Å². The lowest BCUT2D eigenvalue weighted by Crippen LogP contribution is -2.64. The summed E-state index contributed by atoms with van der Waals surface area (Å²) in [7, 11) is 0. The van der Waals surface area contributed by atoms with Crippen molar-refractivity contribution in [2.75, 3.05) is 13.2 Å². The second kappa shape index (κ2) is 14.8. The molecule has 2 aromatic carbocycles. The third kappa shape index (κ3) is 7.35. The first-order valence-electron chi connectivity index (χ1n) is 15.8. The van der Waals surface area contributed by atoms with Gasteiger partial charge in [-0.2, -0.15) is 0 Å². The fraction of sp³-hybridized carbons (Fsp3) is 0.531. The molecule has 4 heterocycles. The van der Waals surface area contributed by atoms with Gasteiger partial charge in [0, 0.05) is 18.2 Å². The van der Waals surface area contributed by atoms with E-state index in [0.29, 0.717) is 0 Å². The molecule has 12 N–H and O–H groups in total.